The maximum Gasteiger partial charge on any atom is 0.678 e. The zero-order valence-corrected chi connectivity index (χ0v) is 15.4. The van der Waals surface area contributed by atoms with Crippen LogP contribution >= 0.6 is 0 Å². The zero-order valence-electron chi connectivity index (χ0n) is 13.0. The van der Waals surface area contributed by atoms with Crippen molar-refractivity contribution in [1.29, 1.82) is 0 Å². The van der Waals surface area contributed by atoms with E-state index in [4.69, 9.17) is 26.9 Å². The summed E-state index contributed by atoms with van der Waals surface area (Å²) < 4.78 is 29.1. The molecule has 9 heteroatoms. The lowest BCUT2D eigenvalue weighted by Gasteiger charge is -2.19. The fraction of sp³-hybridized carbons (Fsp3) is 0.727. The van der Waals surface area contributed by atoms with Crippen LogP contribution in [0.4, 0.5) is 0 Å². The summed E-state index contributed by atoms with van der Waals surface area (Å²) in [5, 5.41) is 0. The van der Waals surface area contributed by atoms with E-state index < -0.39 is 9.05 Å². The third-order valence-electron chi connectivity index (χ3n) is 2.15. The molecule has 0 aliphatic carbocycles. The first kappa shape index (κ1) is 21.7. The van der Waals surface area contributed by atoms with Crippen LogP contribution in [0.25, 0.3) is 0 Å². The van der Waals surface area contributed by atoms with Crippen molar-refractivity contribution in [3.05, 3.63) is 12.7 Å². The average Bonchev–Trinajstić information content (AvgIpc) is 2.50. The van der Waals surface area contributed by atoms with E-state index in [0.29, 0.717) is 6.61 Å². The average molecular weight is 326 g/mol. The minimum absolute atomic E-state index is 0.343. The van der Waals surface area contributed by atoms with Crippen molar-refractivity contribution in [2.45, 2.75) is 12.5 Å². The summed E-state index contributed by atoms with van der Waals surface area (Å²) in [7, 11) is 4.63. The molecule has 7 nitrogen and oxygen atoms in total. The van der Waals surface area contributed by atoms with E-state index in [1.807, 2.05) is 0 Å². The van der Waals surface area contributed by atoms with E-state index in [9.17, 15) is 4.79 Å². The molecule has 0 N–H and O–H groups in total. The Balaban J connectivity index is 0. The Kier molecular flexibility index (Phi) is 16.1. The molecular formula is C11H26O7Si2. The molecule has 0 aliphatic heterocycles. The van der Waals surface area contributed by atoms with Gasteiger partial charge in [0.1, 0.15) is 0 Å². The van der Waals surface area contributed by atoms with Crippen molar-refractivity contribution >= 4 is 24.8 Å². The van der Waals surface area contributed by atoms with Crippen LogP contribution in [0, 0.1) is 0 Å². The molecule has 0 heterocycles. The second-order valence-electron chi connectivity index (χ2n) is 3.39. The van der Waals surface area contributed by atoms with Gasteiger partial charge in [0.15, 0.2) is 9.76 Å². The molecule has 0 saturated carbocycles. The largest absolute Gasteiger partial charge is 0.678 e. The van der Waals surface area contributed by atoms with Crippen molar-refractivity contribution in [1.82, 2.24) is 0 Å². The number of rotatable bonds is 10. The second kappa shape index (κ2) is 14.8. The van der Waals surface area contributed by atoms with Gasteiger partial charge in [-0.2, -0.15) is 0 Å². The summed E-state index contributed by atoms with van der Waals surface area (Å²) >= 11 is 0. The lowest BCUT2D eigenvalue weighted by Crippen LogP contribution is -2.45. The van der Waals surface area contributed by atoms with Crippen LogP contribution in [0.5, 0.6) is 0 Å². The third-order valence-corrected chi connectivity index (χ3v) is 5.35. The first-order valence-corrected chi connectivity index (χ1v) is 9.25. The highest BCUT2D eigenvalue weighted by Gasteiger charge is 2.40. The molecule has 0 rings (SSSR count). The predicted molar refractivity (Wildman–Crippen MR) is 79.9 cm³/mol. The van der Waals surface area contributed by atoms with Crippen LogP contribution in [0.15, 0.2) is 12.7 Å². The Hall–Kier alpha value is -0.556. The van der Waals surface area contributed by atoms with Crippen LogP contribution in [0.2, 0.25) is 6.04 Å². The second-order valence-corrected chi connectivity index (χ2v) is 7.71. The summed E-state index contributed by atoms with van der Waals surface area (Å²) in [5.74, 6) is -0.343. The van der Waals surface area contributed by atoms with Gasteiger partial charge in [-0.3, -0.25) is 0 Å². The number of esters is 1. The zero-order chi connectivity index (χ0) is 15.9. The molecule has 0 atom stereocenters. The Bertz CT molecular complexity index is 229. The molecule has 0 amide bonds. The van der Waals surface area contributed by atoms with Crippen LogP contribution in [-0.4, -0.2) is 66.9 Å². The maximum atomic E-state index is 10.5. The topological polar surface area (TPSA) is 72.5 Å². The molecular weight excluding hydrogens is 300 g/mol. The van der Waals surface area contributed by atoms with Crippen molar-refractivity contribution in [2.75, 3.05) is 42.2 Å². The maximum absolute atomic E-state index is 10.5. The molecule has 0 spiro atoms. The number of hydrogen-bond acceptors (Lipinski definition) is 7. The fourth-order valence-corrected chi connectivity index (χ4v) is 2.78. The minimum Gasteiger partial charge on any atom is -0.463 e. The monoisotopic (exact) mass is 326 g/mol. The van der Waals surface area contributed by atoms with Crippen LogP contribution in [-0.2, 0) is 31.7 Å². The molecule has 0 aromatic heterocycles. The number of hydrogen-bond donors (Lipinski definition) is 0. The smallest absolute Gasteiger partial charge is 0.463 e. The van der Waals surface area contributed by atoms with Gasteiger partial charge in [0.25, 0.3) is 0 Å². The Labute approximate surface area is 124 Å². The van der Waals surface area contributed by atoms with E-state index in [-0.39, 0.29) is 15.7 Å². The lowest BCUT2D eigenvalue weighted by atomic mass is 10.5. The summed E-state index contributed by atoms with van der Waals surface area (Å²) in [6.45, 7) is 3.77. The molecule has 0 aliphatic rings. The molecule has 120 valence electrons. The Morgan fingerprint density at radius 2 is 1.60 bits per heavy atom. The van der Waals surface area contributed by atoms with Crippen molar-refractivity contribution in [3.8, 4) is 0 Å². The van der Waals surface area contributed by atoms with Gasteiger partial charge in [0.2, 0.25) is 0 Å². The SMILES string of the molecule is C=CC(=O)OCCC[SiH2]OC.CO[Si](OC)(OC)OC. The molecule has 0 saturated heterocycles. The van der Waals surface area contributed by atoms with Crippen LogP contribution < -0.4 is 0 Å². The summed E-state index contributed by atoms with van der Waals surface area (Å²) in [6, 6.07) is 1.06. The van der Waals surface area contributed by atoms with Crippen LogP contribution in [0.1, 0.15) is 6.42 Å². The first-order chi connectivity index (χ1) is 9.55. The van der Waals surface area contributed by atoms with E-state index in [1.54, 1.807) is 7.11 Å². The van der Waals surface area contributed by atoms with Gasteiger partial charge in [-0.25, -0.2) is 4.79 Å². The van der Waals surface area contributed by atoms with E-state index in [0.717, 1.165) is 12.5 Å². The van der Waals surface area contributed by atoms with Crippen molar-refractivity contribution < 1.29 is 31.7 Å². The molecule has 0 aromatic rings. The third kappa shape index (κ3) is 11.3. The molecule has 0 radical (unpaired) electrons. The van der Waals surface area contributed by atoms with E-state index >= 15 is 0 Å². The molecule has 0 unspecified atom stereocenters. The van der Waals surface area contributed by atoms with Gasteiger partial charge in [-0.1, -0.05) is 6.58 Å². The van der Waals surface area contributed by atoms with Crippen molar-refractivity contribution in [2.24, 2.45) is 0 Å². The predicted octanol–water partition coefficient (Wildman–Crippen LogP) is 0.262. The highest BCUT2D eigenvalue weighted by atomic mass is 28.4. The lowest BCUT2D eigenvalue weighted by molar-refractivity contribution is -0.137. The normalized spacial score (nSPS) is 11.1. The molecule has 20 heavy (non-hydrogen) atoms. The summed E-state index contributed by atoms with van der Waals surface area (Å²) in [6.07, 6.45) is 2.08. The van der Waals surface area contributed by atoms with Gasteiger partial charge in [-0.15, -0.1) is 0 Å². The van der Waals surface area contributed by atoms with Gasteiger partial charge in [0.05, 0.1) is 6.61 Å². The van der Waals surface area contributed by atoms with Crippen LogP contribution in [0.3, 0.4) is 0 Å². The quantitative estimate of drug-likeness (QED) is 0.247. The molecule has 0 aromatic carbocycles. The summed E-state index contributed by atoms with van der Waals surface area (Å²) in [5.41, 5.74) is 0. The van der Waals surface area contributed by atoms with E-state index in [1.165, 1.54) is 34.5 Å². The van der Waals surface area contributed by atoms with Crippen molar-refractivity contribution in [3.63, 3.8) is 0 Å². The van der Waals surface area contributed by atoms with Gasteiger partial charge in [0, 0.05) is 41.6 Å². The van der Waals surface area contributed by atoms with Gasteiger partial charge in [-0.05, 0) is 12.5 Å². The van der Waals surface area contributed by atoms with E-state index in [2.05, 4.69) is 6.58 Å². The number of carbonyl (C=O) groups is 1. The standard InChI is InChI=1S/C7H14O3Si.C4H12O4Si/c1-3-7(8)10-5-4-6-11-9-2;1-5-9(6-2,7-3)8-4/h3H,1,4-6,11H2,2H3;1-4H3. The van der Waals surface area contributed by atoms with Gasteiger partial charge >= 0.3 is 15.0 Å². The van der Waals surface area contributed by atoms with Gasteiger partial charge < -0.3 is 26.9 Å². The first-order valence-electron chi connectivity index (χ1n) is 6.04. The number of ether oxygens (including phenoxy) is 1. The highest BCUT2D eigenvalue weighted by molar-refractivity contribution is 6.53. The fourth-order valence-electron chi connectivity index (χ4n) is 1.08. The highest BCUT2D eigenvalue weighted by Crippen LogP contribution is 2.04. The summed E-state index contributed by atoms with van der Waals surface area (Å²) in [4.78, 5) is 10.5. The molecule has 0 fully saturated rings. The Morgan fingerprint density at radius 3 is 1.90 bits per heavy atom. The Morgan fingerprint density at radius 1 is 1.10 bits per heavy atom. The minimum atomic E-state index is -2.69. The number of carbonyl (C=O) groups excluding carboxylic acids is 1. The molecule has 0 bridgehead atoms.